The number of carbonyl (C=O) groups is 1. The highest BCUT2D eigenvalue weighted by Gasteiger charge is 2.47. The van der Waals surface area contributed by atoms with Crippen LogP contribution in [0.3, 0.4) is 0 Å². The van der Waals surface area contributed by atoms with Crippen molar-refractivity contribution in [3.8, 4) is 0 Å². The molecule has 0 aromatic rings. The van der Waals surface area contributed by atoms with E-state index >= 15 is 0 Å². The molecule has 3 heteroatoms. The largest absolute Gasteiger partial charge is 0.383 e. The molecule has 0 bridgehead atoms. The van der Waals surface area contributed by atoms with E-state index in [1.807, 2.05) is 13.8 Å². The van der Waals surface area contributed by atoms with Crippen LogP contribution >= 0.6 is 0 Å². The second-order valence-corrected chi connectivity index (χ2v) is 6.70. The third-order valence-electron chi connectivity index (χ3n) is 3.01. The molecule has 0 radical (unpaired) electrons. The Hall–Kier alpha value is -0.570. The highest BCUT2D eigenvalue weighted by molar-refractivity contribution is 5.81. The molecular formula is C13H25NO2. The first kappa shape index (κ1) is 13.5. The maximum Gasteiger partial charge on any atom is 0.249 e. The van der Waals surface area contributed by atoms with E-state index in [2.05, 4.69) is 26.1 Å². The number of nitrogens with one attached hydrogen (secondary N) is 1. The van der Waals surface area contributed by atoms with Gasteiger partial charge in [0.05, 0.1) is 0 Å². The van der Waals surface area contributed by atoms with Gasteiger partial charge in [-0.25, -0.2) is 0 Å². The van der Waals surface area contributed by atoms with Crippen LogP contribution in [0.5, 0.6) is 0 Å². The number of carbonyl (C=O) groups excluding carboxylic acids is 1. The van der Waals surface area contributed by atoms with E-state index in [1.165, 1.54) is 0 Å². The molecule has 0 aromatic carbocycles. The normalized spacial score (nSPS) is 20.7. The lowest BCUT2D eigenvalue weighted by atomic mass is 9.86. The van der Waals surface area contributed by atoms with Crippen molar-refractivity contribution in [2.45, 2.75) is 65.5 Å². The molecule has 1 rings (SSSR count). The average Bonchev–Trinajstić information content (AvgIpc) is 2.79. The second kappa shape index (κ2) is 4.36. The lowest BCUT2D eigenvalue weighted by Gasteiger charge is -2.28. The van der Waals surface area contributed by atoms with E-state index in [4.69, 9.17) is 0 Å². The lowest BCUT2D eigenvalue weighted by Crippen LogP contribution is -2.46. The van der Waals surface area contributed by atoms with Crippen LogP contribution < -0.4 is 5.32 Å². The van der Waals surface area contributed by atoms with Crippen LogP contribution in [0.15, 0.2) is 0 Å². The minimum absolute atomic E-state index is 0.0227. The number of hydrogen-bond acceptors (Lipinski definition) is 2. The zero-order chi connectivity index (χ0) is 12.6. The number of amides is 1. The van der Waals surface area contributed by atoms with E-state index in [-0.39, 0.29) is 22.8 Å². The van der Waals surface area contributed by atoms with Gasteiger partial charge >= 0.3 is 0 Å². The topological polar surface area (TPSA) is 49.3 Å². The molecule has 94 valence electrons. The molecule has 1 atom stereocenters. The maximum absolute atomic E-state index is 11.8. The van der Waals surface area contributed by atoms with Gasteiger partial charge in [-0.3, -0.25) is 4.79 Å². The average molecular weight is 227 g/mol. The van der Waals surface area contributed by atoms with Gasteiger partial charge in [0.15, 0.2) is 0 Å². The monoisotopic (exact) mass is 227 g/mol. The molecule has 1 amide bonds. The molecule has 0 heterocycles. The summed E-state index contributed by atoms with van der Waals surface area (Å²) in [6, 6.07) is 0. The molecule has 1 aliphatic carbocycles. The second-order valence-electron chi connectivity index (χ2n) is 6.70. The smallest absolute Gasteiger partial charge is 0.249 e. The highest BCUT2D eigenvalue weighted by atomic mass is 16.3. The molecule has 1 saturated carbocycles. The van der Waals surface area contributed by atoms with Gasteiger partial charge in [0.1, 0.15) is 6.10 Å². The van der Waals surface area contributed by atoms with Gasteiger partial charge in [-0.15, -0.1) is 0 Å². The van der Waals surface area contributed by atoms with Crippen LogP contribution in [-0.2, 0) is 4.79 Å². The Bertz CT molecular complexity index is 262. The molecule has 3 nitrogen and oxygen atoms in total. The Labute approximate surface area is 98.6 Å². The van der Waals surface area contributed by atoms with E-state index in [0.29, 0.717) is 0 Å². The fraction of sp³-hybridized carbons (Fsp3) is 0.923. The Morgan fingerprint density at radius 2 is 1.88 bits per heavy atom. The van der Waals surface area contributed by atoms with Crippen LogP contribution in [0.1, 0.15) is 53.9 Å². The number of aliphatic hydroxyl groups excluding tert-OH is 1. The maximum atomic E-state index is 11.8. The van der Waals surface area contributed by atoms with Gasteiger partial charge < -0.3 is 10.4 Å². The standard InChI is InChI=1S/C13H25NO2/c1-9(2)10(15)11(16)14-13(6-7-13)8-12(3,4)5/h9-10,15H,6-8H2,1-5H3,(H,14,16)/t10-/m1/s1. The molecule has 16 heavy (non-hydrogen) atoms. The van der Waals surface area contributed by atoms with Crippen molar-refractivity contribution in [1.82, 2.24) is 5.32 Å². The van der Waals surface area contributed by atoms with Gasteiger partial charge in [-0.1, -0.05) is 34.6 Å². The van der Waals surface area contributed by atoms with Crippen molar-refractivity contribution in [2.24, 2.45) is 11.3 Å². The number of aliphatic hydroxyl groups is 1. The molecule has 0 aliphatic heterocycles. The first-order valence-electron chi connectivity index (χ1n) is 6.15. The van der Waals surface area contributed by atoms with E-state index in [9.17, 15) is 9.90 Å². The Kier molecular flexibility index (Phi) is 3.68. The number of hydrogen-bond donors (Lipinski definition) is 2. The van der Waals surface area contributed by atoms with Crippen LogP contribution in [0.4, 0.5) is 0 Å². The van der Waals surface area contributed by atoms with Crippen molar-refractivity contribution in [3.05, 3.63) is 0 Å². The highest BCUT2D eigenvalue weighted by Crippen LogP contribution is 2.44. The van der Waals surface area contributed by atoms with E-state index < -0.39 is 6.10 Å². The van der Waals surface area contributed by atoms with E-state index in [1.54, 1.807) is 0 Å². The molecule has 1 fully saturated rings. The van der Waals surface area contributed by atoms with Crippen molar-refractivity contribution in [3.63, 3.8) is 0 Å². The van der Waals surface area contributed by atoms with Crippen LogP contribution in [0, 0.1) is 11.3 Å². The number of rotatable bonds is 4. The van der Waals surface area contributed by atoms with Crippen LogP contribution in [0.2, 0.25) is 0 Å². The quantitative estimate of drug-likeness (QED) is 0.772. The van der Waals surface area contributed by atoms with Crippen molar-refractivity contribution < 1.29 is 9.90 Å². The first-order valence-corrected chi connectivity index (χ1v) is 6.15. The van der Waals surface area contributed by atoms with Crippen LogP contribution in [-0.4, -0.2) is 22.7 Å². The molecule has 2 N–H and O–H groups in total. The summed E-state index contributed by atoms with van der Waals surface area (Å²) in [5.74, 6) is -0.234. The zero-order valence-corrected chi connectivity index (χ0v) is 11.1. The Morgan fingerprint density at radius 3 is 2.19 bits per heavy atom. The fourth-order valence-corrected chi connectivity index (χ4v) is 2.15. The Morgan fingerprint density at radius 1 is 1.38 bits per heavy atom. The third kappa shape index (κ3) is 3.78. The molecule has 0 unspecified atom stereocenters. The van der Waals surface area contributed by atoms with Gasteiger partial charge in [-0.05, 0) is 30.6 Å². The summed E-state index contributed by atoms with van der Waals surface area (Å²) in [5.41, 5.74) is 0.178. The summed E-state index contributed by atoms with van der Waals surface area (Å²) >= 11 is 0. The van der Waals surface area contributed by atoms with Gasteiger partial charge in [0, 0.05) is 5.54 Å². The lowest BCUT2D eigenvalue weighted by molar-refractivity contribution is -0.132. The summed E-state index contributed by atoms with van der Waals surface area (Å²) in [5, 5.41) is 12.7. The summed E-state index contributed by atoms with van der Waals surface area (Å²) in [4.78, 5) is 11.8. The summed E-state index contributed by atoms with van der Waals surface area (Å²) < 4.78 is 0. The van der Waals surface area contributed by atoms with Gasteiger partial charge in [0.25, 0.3) is 0 Å². The summed E-state index contributed by atoms with van der Waals surface area (Å²) in [6.07, 6.45) is 2.19. The SMILES string of the molecule is CC(C)[C@@H](O)C(=O)NC1(CC(C)(C)C)CC1. The Balaban J connectivity index is 2.51. The zero-order valence-electron chi connectivity index (χ0n) is 11.1. The van der Waals surface area contributed by atoms with Crippen molar-refractivity contribution in [2.75, 3.05) is 0 Å². The first-order chi connectivity index (χ1) is 7.15. The minimum Gasteiger partial charge on any atom is -0.383 e. The molecule has 0 aromatic heterocycles. The predicted octanol–water partition coefficient (Wildman–Crippen LogP) is 2.09. The molecule has 0 spiro atoms. The van der Waals surface area contributed by atoms with Gasteiger partial charge in [-0.2, -0.15) is 0 Å². The van der Waals surface area contributed by atoms with Crippen molar-refractivity contribution >= 4 is 5.91 Å². The summed E-state index contributed by atoms with van der Waals surface area (Å²) in [7, 11) is 0. The fourth-order valence-electron chi connectivity index (χ4n) is 2.15. The van der Waals surface area contributed by atoms with Crippen molar-refractivity contribution in [1.29, 1.82) is 0 Å². The van der Waals surface area contributed by atoms with Crippen LogP contribution in [0.25, 0.3) is 0 Å². The van der Waals surface area contributed by atoms with Gasteiger partial charge in [0.2, 0.25) is 5.91 Å². The minimum atomic E-state index is -0.877. The predicted molar refractivity (Wildman–Crippen MR) is 65.0 cm³/mol. The molecular weight excluding hydrogens is 202 g/mol. The van der Waals surface area contributed by atoms with E-state index in [0.717, 1.165) is 19.3 Å². The summed E-state index contributed by atoms with van der Waals surface area (Å²) in [6.45, 7) is 10.2. The molecule has 0 saturated heterocycles. The third-order valence-corrected chi connectivity index (χ3v) is 3.01. The molecule has 1 aliphatic rings.